The summed E-state index contributed by atoms with van der Waals surface area (Å²) in [6.07, 6.45) is 0.639. The Hall–Kier alpha value is -3.02. The molecule has 1 N–H and O–H groups in total. The minimum Gasteiger partial charge on any atom is -0.267 e. The van der Waals surface area contributed by atoms with E-state index in [-0.39, 0.29) is 5.69 Å². The Labute approximate surface area is 134 Å². The van der Waals surface area contributed by atoms with Gasteiger partial charge in [0, 0.05) is 29.3 Å². The van der Waals surface area contributed by atoms with Gasteiger partial charge in [0.2, 0.25) is 0 Å². The molecule has 0 fully saturated rings. The van der Waals surface area contributed by atoms with E-state index >= 15 is 0 Å². The van der Waals surface area contributed by atoms with Crippen LogP contribution in [0.4, 0.5) is 5.69 Å². The Morgan fingerprint density at radius 1 is 1.22 bits per heavy atom. The van der Waals surface area contributed by atoms with Crippen LogP contribution in [0.1, 0.15) is 28.4 Å². The molecule has 0 aliphatic carbocycles. The summed E-state index contributed by atoms with van der Waals surface area (Å²) in [5.74, 6) is -0.393. The number of carbonyl (C=O) groups is 1. The van der Waals surface area contributed by atoms with Gasteiger partial charge in [-0.1, -0.05) is 30.3 Å². The Bertz CT molecular complexity index is 755. The molecule has 2 aromatic rings. The quantitative estimate of drug-likeness (QED) is 0.522. The maximum Gasteiger partial charge on any atom is 0.272 e. The number of nitrogens with one attached hydrogen (secondary N) is 1. The van der Waals surface area contributed by atoms with Crippen molar-refractivity contribution in [2.45, 2.75) is 20.3 Å². The molecule has 2 aromatic carbocycles. The zero-order valence-corrected chi connectivity index (χ0v) is 12.9. The normalized spacial score (nSPS) is 11.1. The number of hydrazone groups is 1. The Balaban J connectivity index is 2.03. The summed E-state index contributed by atoms with van der Waals surface area (Å²) in [7, 11) is 0. The van der Waals surface area contributed by atoms with E-state index in [9.17, 15) is 14.9 Å². The summed E-state index contributed by atoms with van der Waals surface area (Å²) in [5, 5.41) is 14.8. The van der Waals surface area contributed by atoms with Gasteiger partial charge in [-0.15, -0.1) is 0 Å². The van der Waals surface area contributed by atoms with Crippen molar-refractivity contribution >= 4 is 17.3 Å². The van der Waals surface area contributed by atoms with E-state index in [4.69, 9.17) is 0 Å². The van der Waals surface area contributed by atoms with Gasteiger partial charge in [0.15, 0.2) is 0 Å². The van der Waals surface area contributed by atoms with Crippen molar-refractivity contribution in [1.29, 1.82) is 0 Å². The van der Waals surface area contributed by atoms with Gasteiger partial charge in [0.1, 0.15) is 0 Å². The first-order valence-electron chi connectivity index (χ1n) is 7.10. The molecular formula is C17H17N3O3. The van der Waals surface area contributed by atoms with E-state index in [1.807, 2.05) is 37.3 Å². The molecule has 23 heavy (non-hydrogen) atoms. The molecule has 0 saturated heterocycles. The lowest BCUT2D eigenvalue weighted by Gasteiger charge is -2.04. The number of rotatable bonds is 5. The zero-order valence-electron chi connectivity index (χ0n) is 12.9. The van der Waals surface area contributed by atoms with E-state index < -0.39 is 10.8 Å². The SMILES string of the molecule is C/C(Cc1ccccc1)=N/NC(=O)c1ccc([N+](=O)[O-])c(C)c1. The first-order valence-corrected chi connectivity index (χ1v) is 7.10. The third-order valence-corrected chi connectivity index (χ3v) is 3.31. The number of hydrogen-bond donors (Lipinski definition) is 1. The predicted molar refractivity (Wildman–Crippen MR) is 88.6 cm³/mol. The standard InChI is InChI=1S/C17H17N3O3/c1-12-10-15(8-9-16(12)20(22)23)17(21)19-18-13(2)11-14-6-4-3-5-7-14/h3-10H,11H2,1-2H3,(H,19,21)/b18-13-. The third kappa shape index (κ3) is 4.47. The molecule has 0 bridgehead atoms. The first kappa shape index (κ1) is 16.4. The van der Waals surface area contributed by atoms with E-state index in [0.717, 1.165) is 11.3 Å². The summed E-state index contributed by atoms with van der Waals surface area (Å²) >= 11 is 0. The fourth-order valence-electron chi connectivity index (χ4n) is 2.14. The number of amides is 1. The lowest BCUT2D eigenvalue weighted by Crippen LogP contribution is -2.19. The highest BCUT2D eigenvalue weighted by Gasteiger charge is 2.13. The molecule has 0 saturated carbocycles. The molecule has 0 spiro atoms. The molecule has 6 nitrogen and oxygen atoms in total. The second-order valence-corrected chi connectivity index (χ2v) is 5.21. The van der Waals surface area contributed by atoms with Gasteiger partial charge >= 0.3 is 0 Å². The smallest absolute Gasteiger partial charge is 0.267 e. The molecule has 118 valence electrons. The number of aryl methyl sites for hydroxylation is 1. The molecule has 0 radical (unpaired) electrons. The minimum absolute atomic E-state index is 0.00897. The lowest BCUT2D eigenvalue weighted by molar-refractivity contribution is -0.385. The minimum atomic E-state index is -0.473. The Morgan fingerprint density at radius 3 is 2.52 bits per heavy atom. The molecule has 1 amide bonds. The Kier molecular flexibility index (Phi) is 5.19. The fourth-order valence-corrected chi connectivity index (χ4v) is 2.14. The summed E-state index contributed by atoms with van der Waals surface area (Å²) < 4.78 is 0. The van der Waals surface area contributed by atoms with Gasteiger partial charge in [-0.2, -0.15) is 5.10 Å². The van der Waals surface area contributed by atoms with Crippen LogP contribution in [-0.2, 0) is 6.42 Å². The van der Waals surface area contributed by atoms with Crippen LogP contribution in [0.3, 0.4) is 0 Å². The topological polar surface area (TPSA) is 84.6 Å². The van der Waals surface area contributed by atoms with Crippen molar-refractivity contribution in [1.82, 2.24) is 5.43 Å². The number of hydrogen-bond acceptors (Lipinski definition) is 4. The van der Waals surface area contributed by atoms with E-state index in [1.54, 1.807) is 6.92 Å². The number of nitro benzene ring substituents is 1. The van der Waals surface area contributed by atoms with Crippen molar-refractivity contribution in [3.63, 3.8) is 0 Å². The van der Waals surface area contributed by atoms with Crippen molar-refractivity contribution in [3.05, 3.63) is 75.3 Å². The van der Waals surface area contributed by atoms with Gasteiger partial charge in [0.25, 0.3) is 11.6 Å². The molecule has 6 heteroatoms. The molecular weight excluding hydrogens is 294 g/mol. The van der Waals surface area contributed by atoms with Crippen LogP contribution in [0.2, 0.25) is 0 Å². The highest BCUT2D eigenvalue weighted by molar-refractivity contribution is 5.95. The number of carbonyl (C=O) groups excluding carboxylic acids is 1. The van der Waals surface area contributed by atoms with Crippen LogP contribution in [0.5, 0.6) is 0 Å². The van der Waals surface area contributed by atoms with E-state index in [0.29, 0.717) is 17.5 Å². The van der Waals surface area contributed by atoms with Crippen molar-refractivity contribution in [3.8, 4) is 0 Å². The van der Waals surface area contributed by atoms with Gasteiger partial charge in [-0.25, -0.2) is 5.43 Å². The summed E-state index contributed by atoms with van der Waals surface area (Å²) in [5.41, 5.74) is 5.11. The second kappa shape index (κ2) is 7.31. The van der Waals surface area contributed by atoms with Crippen LogP contribution in [0.15, 0.2) is 53.6 Å². The summed E-state index contributed by atoms with van der Waals surface area (Å²) in [4.78, 5) is 22.3. The van der Waals surface area contributed by atoms with Crippen molar-refractivity contribution < 1.29 is 9.72 Å². The van der Waals surface area contributed by atoms with Gasteiger partial charge in [-0.05, 0) is 31.5 Å². The highest BCUT2D eigenvalue weighted by Crippen LogP contribution is 2.18. The van der Waals surface area contributed by atoms with Crippen LogP contribution in [0.25, 0.3) is 0 Å². The fraction of sp³-hybridized carbons (Fsp3) is 0.176. The molecule has 0 aliphatic heterocycles. The maximum absolute atomic E-state index is 12.0. The van der Waals surface area contributed by atoms with Gasteiger partial charge in [0.05, 0.1) is 4.92 Å². The van der Waals surface area contributed by atoms with Crippen LogP contribution >= 0.6 is 0 Å². The second-order valence-electron chi connectivity index (χ2n) is 5.21. The number of nitrogens with zero attached hydrogens (tertiary/aromatic N) is 2. The summed E-state index contributed by atoms with van der Waals surface area (Å²) in [6, 6.07) is 14.0. The van der Waals surface area contributed by atoms with E-state index in [2.05, 4.69) is 10.5 Å². The van der Waals surface area contributed by atoms with Crippen molar-refractivity contribution in [2.75, 3.05) is 0 Å². The molecule has 0 unspecified atom stereocenters. The molecule has 0 aliphatic rings. The van der Waals surface area contributed by atoms with E-state index in [1.165, 1.54) is 18.2 Å². The van der Waals surface area contributed by atoms with Gasteiger partial charge < -0.3 is 0 Å². The third-order valence-electron chi connectivity index (χ3n) is 3.31. The van der Waals surface area contributed by atoms with Crippen LogP contribution in [0, 0.1) is 17.0 Å². The zero-order chi connectivity index (χ0) is 16.8. The van der Waals surface area contributed by atoms with Crippen LogP contribution in [-0.4, -0.2) is 16.5 Å². The lowest BCUT2D eigenvalue weighted by atomic mass is 10.1. The Morgan fingerprint density at radius 2 is 1.91 bits per heavy atom. The van der Waals surface area contributed by atoms with Gasteiger partial charge in [-0.3, -0.25) is 14.9 Å². The van der Waals surface area contributed by atoms with Crippen molar-refractivity contribution in [2.24, 2.45) is 5.10 Å². The molecule has 2 rings (SSSR count). The highest BCUT2D eigenvalue weighted by atomic mass is 16.6. The predicted octanol–water partition coefficient (Wildman–Crippen LogP) is 3.25. The molecule has 0 aromatic heterocycles. The maximum atomic E-state index is 12.0. The average Bonchev–Trinajstić information content (AvgIpc) is 2.53. The summed E-state index contributed by atoms with van der Waals surface area (Å²) in [6.45, 7) is 3.42. The first-order chi connectivity index (χ1) is 11.0. The average molecular weight is 311 g/mol. The molecule has 0 atom stereocenters. The monoisotopic (exact) mass is 311 g/mol. The largest absolute Gasteiger partial charge is 0.272 e. The molecule has 0 heterocycles. The number of nitro groups is 1. The number of benzene rings is 2. The van der Waals surface area contributed by atoms with Crippen LogP contribution < -0.4 is 5.43 Å².